The molecule has 3 rings (SSSR count). The van der Waals surface area contributed by atoms with E-state index in [9.17, 15) is 18.0 Å². The van der Waals surface area contributed by atoms with Crippen LogP contribution in [0.25, 0.3) is 0 Å². The zero-order chi connectivity index (χ0) is 16.4. The van der Waals surface area contributed by atoms with Gasteiger partial charge >= 0.3 is 6.18 Å². The molecule has 0 unspecified atom stereocenters. The SMILES string of the molecule is O=C1NCC[C@@H](c2ccc(C(F)(F)F)cc2)[C@@H]1c1ccccc1. The lowest BCUT2D eigenvalue weighted by atomic mass is 9.77. The molecule has 1 heterocycles. The maximum absolute atomic E-state index is 12.7. The predicted octanol–water partition coefficient (Wildman–Crippen LogP) is 4.09. The molecule has 0 bridgehead atoms. The number of nitrogens with one attached hydrogen (secondary N) is 1. The van der Waals surface area contributed by atoms with Gasteiger partial charge in [0.25, 0.3) is 0 Å². The second kappa shape index (κ2) is 6.07. The van der Waals surface area contributed by atoms with E-state index in [-0.39, 0.29) is 17.7 Å². The van der Waals surface area contributed by atoms with Gasteiger partial charge in [-0.15, -0.1) is 0 Å². The van der Waals surface area contributed by atoms with E-state index in [0.29, 0.717) is 13.0 Å². The largest absolute Gasteiger partial charge is 0.416 e. The molecule has 1 N–H and O–H groups in total. The lowest BCUT2D eigenvalue weighted by Gasteiger charge is -2.32. The number of hydrogen-bond acceptors (Lipinski definition) is 1. The van der Waals surface area contributed by atoms with Gasteiger partial charge in [-0.3, -0.25) is 4.79 Å². The van der Waals surface area contributed by atoms with Gasteiger partial charge < -0.3 is 5.32 Å². The molecule has 1 aliphatic rings. The zero-order valence-electron chi connectivity index (χ0n) is 12.3. The minimum absolute atomic E-state index is 0.0765. The Morgan fingerprint density at radius 2 is 1.57 bits per heavy atom. The monoisotopic (exact) mass is 319 g/mol. The van der Waals surface area contributed by atoms with Crippen molar-refractivity contribution in [1.29, 1.82) is 0 Å². The molecule has 23 heavy (non-hydrogen) atoms. The summed E-state index contributed by atoms with van der Waals surface area (Å²) in [5, 5.41) is 2.85. The molecule has 0 aliphatic carbocycles. The Labute approximate surface area is 132 Å². The van der Waals surface area contributed by atoms with Crippen molar-refractivity contribution in [2.24, 2.45) is 0 Å². The standard InChI is InChI=1S/C18H16F3NO/c19-18(20,21)14-8-6-12(7-9-14)15-10-11-22-17(23)16(15)13-4-2-1-3-5-13/h1-9,15-16H,10-11H2,(H,22,23)/t15-,16-/m0/s1. The number of rotatable bonds is 2. The number of halogens is 3. The fourth-order valence-corrected chi connectivity index (χ4v) is 3.13. The number of amides is 1. The average molecular weight is 319 g/mol. The molecule has 1 fully saturated rings. The summed E-state index contributed by atoms with van der Waals surface area (Å²) in [6.45, 7) is 0.536. The number of hydrogen-bond donors (Lipinski definition) is 1. The van der Waals surface area contributed by atoms with Gasteiger partial charge in [-0.25, -0.2) is 0 Å². The molecule has 1 saturated heterocycles. The summed E-state index contributed by atoms with van der Waals surface area (Å²) in [5.74, 6) is -0.567. The van der Waals surface area contributed by atoms with E-state index in [1.807, 2.05) is 30.3 Å². The van der Waals surface area contributed by atoms with Crippen LogP contribution < -0.4 is 5.32 Å². The molecular weight excluding hydrogens is 303 g/mol. The highest BCUT2D eigenvalue weighted by molar-refractivity contribution is 5.85. The van der Waals surface area contributed by atoms with Crippen molar-refractivity contribution in [1.82, 2.24) is 5.32 Å². The quantitative estimate of drug-likeness (QED) is 0.887. The van der Waals surface area contributed by atoms with Crippen molar-refractivity contribution in [3.05, 3.63) is 71.3 Å². The summed E-state index contributed by atoms with van der Waals surface area (Å²) in [6, 6.07) is 14.5. The average Bonchev–Trinajstić information content (AvgIpc) is 2.55. The molecule has 2 aromatic carbocycles. The summed E-state index contributed by atoms with van der Waals surface area (Å²) >= 11 is 0. The second-order valence-electron chi connectivity index (χ2n) is 5.69. The fourth-order valence-electron chi connectivity index (χ4n) is 3.13. The number of piperidine rings is 1. The smallest absolute Gasteiger partial charge is 0.356 e. The summed E-state index contributed by atoms with van der Waals surface area (Å²) in [7, 11) is 0. The summed E-state index contributed by atoms with van der Waals surface area (Å²) in [4.78, 5) is 12.3. The van der Waals surface area contributed by atoms with E-state index >= 15 is 0 Å². The maximum Gasteiger partial charge on any atom is 0.416 e. The Kier molecular flexibility index (Phi) is 4.11. The maximum atomic E-state index is 12.7. The topological polar surface area (TPSA) is 29.1 Å². The third-order valence-corrected chi connectivity index (χ3v) is 4.26. The van der Waals surface area contributed by atoms with Gasteiger partial charge in [-0.1, -0.05) is 42.5 Å². The van der Waals surface area contributed by atoms with E-state index in [2.05, 4.69) is 5.32 Å². The van der Waals surface area contributed by atoms with E-state index in [4.69, 9.17) is 0 Å². The van der Waals surface area contributed by atoms with E-state index in [1.165, 1.54) is 12.1 Å². The second-order valence-corrected chi connectivity index (χ2v) is 5.69. The predicted molar refractivity (Wildman–Crippen MR) is 81.0 cm³/mol. The number of carbonyl (C=O) groups is 1. The first kappa shape index (κ1) is 15.6. The van der Waals surface area contributed by atoms with Crippen LogP contribution in [0, 0.1) is 0 Å². The van der Waals surface area contributed by atoms with Gasteiger partial charge in [0.2, 0.25) is 5.91 Å². The molecule has 0 spiro atoms. The van der Waals surface area contributed by atoms with Gasteiger partial charge in [0.05, 0.1) is 11.5 Å². The Hall–Kier alpha value is -2.30. The van der Waals surface area contributed by atoms with Crippen molar-refractivity contribution in [3.63, 3.8) is 0 Å². The molecular formula is C18H16F3NO. The highest BCUT2D eigenvalue weighted by atomic mass is 19.4. The summed E-state index contributed by atoms with van der Waals surface area (Å²) < 4.78 is 38.1. The van der Waals surface area contributed by atoms with Crippen LogP contribution in [0.2, 0.25) is 0 Å². The van der Waals surface area contributed by atoms with Crippen LogP contribution in [0.4, 0.5) is 13.2 Å². The van der Waals surface area contributed by atoms with Crippen LogP contribution in [0.5, 0.6) is 0 Å². The first-order valence-electron chi connectivity index (χ1n) is 7.46. The van der Waals surface area contributed by atoms with E-state index in [0.717, 1.165) is 23.3 Å². The molecule has 0 aromatic heterocycles. The van der Waals surface area contributed by atoms with Crippen LogP contribution >= 0.6 is 0 Å². The number of carbonyl (C=O) groups excluding carboxylic acids is 1. The molecule has 0 saturated carbocycles. The van der Waals surface area contributed by atoms with Crippen LogP contribution in [0.1, 0.15) is 34.9 Å². The first-order chi connectivity index (χ1) is 11.0. The van der Waals surface area contributed by atoms with Crippen LogP contribution in [-0.2, 0) is 11.0 Å². The van der Waals surface area contributed by atoms with Crippen molar-refractivity contribution in [2.45, 2.75) is 24.4 Å². The molecule has 2 aromatic rings. The summed E-state index contributed by atoms with van der Waals surface area (Å²) in [5.41, 5.74) is 0.981. The molecule has 5 heteroatoms. The van der Waals surface area contributed by atoms with Gasteiger partial charge in [-0.05, 0) is 29.7 Å². The molecule has 0 radical (unpaired) electrons. The number of alkyl halides is 3. The lowest BCUT2D eigenvalue weighted by Crippen LogP contribution is -2.39. The minimum atomic E-state index is -4.35. The third-order valence-electron chi connectivity index (χ3n) is 4.26. The van der Waals surface area contributed by atoms with Crippen molar-refractivity contribution in [3.8, 4) is 0 Å². The lowest BCUT2D eigenvalue weighted by molar-refractivity contribution is -0.137. The van der Waals surface area contributed by atoms with E-state index < -0.39 is 11.7 Å². The van der Waals surface area contributed by atoms with Gasteiger partial charge in [0, 0.05) is 12.5 Å². The zero-order valence-corrected chi connectivity index (χ0v) is 12.3. The summed E-state index contributed by atoms with van der Waals surface area (Å²) in [6.07, 6.45) is -3.64. The van der Waals surface area contributed by atoms with Crippen LogP contribution in [0.3, 0.4) is 0 Å². The number of benzene rings is 2. The third kappa shape index (κ3) is 3.23. The Bertz CT molecular complexity index is 680. The molecule has 1 amide bonds. The highest BCUT2D eigenvalue weighted by Gasteiger charge is 2.35. The van der Waals surface area contributed by atoms with Gasteiger partial charge in [0.1, 0.15) is 0 Å². The van der Waals surface area contributed by atoms with Gasteiger partial charge in [-0.2, -0.15) is 13.2 Å². The fraction of sp³-hybridized carbons (Fsp3) is 0.278. The minimum Gasteiger partial charge on any atom is -0.356 e. The molecule has 1 aliphatic heterocycles. The highest BCUT2D eigenvalue weighted by Crippen LogP contribution is 2.39. The van der Waals surface area contributed by atoms with Crippen molar-refractivity contribution in [2.75, 3.05) is 6.54 Å². The van der Waals surface area contributed by atoms with Crippen molar-refractivity contribution < 1.29 is 18.0 Å². The first-order valence-corrected chi connectivity index (χ1v) is 7.46. The van der Waals surface area contributed by atoms with Gasteiger partial charge in [0.15, 0.2) is 0 Å². The molecule has 2 nitrogen and oxygen atoms in total. The molecule has 120 valence electrons. The van der Waals surface area contributed by atoms with Crippen LogP contribution in [-0.4, -0.2) is 12.5 Å². The Balaban J connectivity index is 1.94. The van der Waals surface area contributed by atoms with Crippen molar-refractivity contribution >= 4 is 5.91 Å². The van der Waals surface area contributed by atoms with Crippen LogP contribution in [0.15, 0.2) is 54.6 Å². The normalized spacial score (nSPS) is 21.8. The Morgan fingerprint density at radius 3 is 2.17 bits per heavy atom. The Morgan fingerprint density at radius 1 is 0.913 bits per heavy atom. The van der Waals surface area contributed by atoms with E-state index in [1.54, 1.807) is 0 Å². The molecule has 2 atom stereocenters.